The molecule has 0 aromatic heterocycles. The van der Waals surface area contributed by atoms with Gasteiger partial charge in [-0.25, -0.2) is 0 Å². The zero-order valence-corrected chi connectivity index (χ0v) is 12.2. The predicted octanol–water partition coefficient (Wildman–Crippen LogP) is 3.88. The smallest absolute Gasteiger partial charge is 0.355 e. The minimum Gasteiger partial charge on any atom is -0.355 e. The Morgan fingerprint density at radius 3 is 2.25 bits per heavy atom. The molecule has 0 radical (unpaired) electrons. The average Bonchev–Trinajstić information content (AvgIpc) is 3.16. The molecule has 2 aliphatic carbocycles. The van der Waals surface area contributed by atoms with Crippen molar-refractivity contribution in [1.82, 2.24) is 5.32 Å². The van der Waals surface area contributed by atoms with Crippen LogP contribution in [-0.4, -0.2) is 24.5 Å². The molecule has 0 atom stereocenters. The molecule has 2 aliphatic rings. The lowest BCUT2D eigenvalue weighted by Crippen LogP contribution is -2.38. The minimum absolute atomic E-state index is 0.0773. The highest BCUT2D eigenvalue weighted by molar-refractivity contribution is 6.17. The highest BCUT2D eigenvalue weighted by Gasteiger charge is 2.44. The summed E-state index contributed by atoms with van der Waals surface area (Å²) in [7, 11) is 0. The Hall–Kier alpha value is -0.450. The van der Waals surface area contributed by atoms with Crippen molar-refractivity contribution in [2.24, 2.45) is 17.3 Å². The van der Waals surface area contributed by atoms with E-state index in [0.717, 1.165) is 19.3 Å². The van der Waals surface area contributed by atoms with E-state index in [-0.39, 0.29) is 30.1 Å². The molecule has 2 rings (SSSR count). The Labute approximate surface area is 122 Å². The molecule has 0 unspecified atom stereocenters. The third kappa shape index (κ3) is 4.03. The van der Waals surface area contributed by atoms with E-state index >= 15 is 0 Å². The maximum atomic E-state index is 12.6. The van der Waals surface area contributed by atoms with Gasteiger partial charge < -0.3 is 5.32 Å². The van der Waals surface area contributed by atoms with Gasteiger partial charge in [0.2, 0.25) is 5.91 Å². The molecule has 0 aromatic rings. The van der Waals surface area contributed by atoms with E-state index in [1.54, 1.807) is 0 Å². The van der Waals surface area contributed by atoms with E-state index in [4.69, 9.17) is 11.6 Å². The van der Waals surface area contributed by atoms with Gasteiger partial charge in [0.25, 0.3) is 0 Å². The first-order chi connectivity index (χ1) is 9.36. The molecular formula is C14H21ClF3NO. The SMILES string of the molecule is O=C(NCC1(CCCl)CC1)C1CCC(C(F)(F)F)CC1. The van der Waals surface area contributed by atoms with Gasteiger partial charge in [-0.05, 0) is 50.4 Å². The normalized spacial score (nSPS) is 29.0. The number of nitrogens with one attached hydrogen (secondary N) is 1. The number of alkyl halides is 4. The molecular weight excluding hydrogens is 291 g/mol. The van der Waals surface area contributed by atoms with Gasteiger partial charge in [0.15, 0.2) is 0 Å². The Morgan fingerprint density at radius 2 is 1.80 bits per heavy atom. The number of hydrogen-bond acceptors (Lipinski definition) is 1. The van der Waals surface area contributed by atoms with E-state index in [1.807, 2.05) is 0 Å². The lowest BCUT2D eigenvalue weighted by Gasteiger charge is -2.29. The Balaban J connectivity index is 1.72. The van der Waals surface area contributed by atoms with Gasteiger partial charge in [0.05, 0.1) is 5.92 Å². The lowest BCUT2D eigenvalue weighted by atomic mass is 9.81. The van der Waals surface area contributed by atoms with Crippen molar-refractivity contribution in [3.63, 3.8) is 0 Å². The standard InChI is InChI=1S/C14H21ClF3NO/c15-8-7-13(5-6-13)9-19-12(20)10-1-3-11(4-2-10)14(16,17)18/h10-11H,1-9H2,(H,19,20). The fourth-order valence-corrected chi connectivity index (χ4v) is 3.40. The van der Waals surface area contributed by atoms with Crippen molar-refractivity contribution < 1.29 is 18.0 Å². The highest BCUT2D eigenvalue weighted by atomic mass is 35.5. The summed E-state index contributed by atoms with van der Waals surface area (Å²) in [5.41, 5.74) is 0.167. The summed E-state index contributed by atoms with van der Waals surface area (Å²) in [6, 6.07) is 0. The minimum atomic E-state index is -4.11. The lowest BCUT2D eigenvalue weighted by molar-refractivity contribution is -0.184. The third-order valence-corrected chi connectivity index (χ3v) is 4.97. The molecule has 2 nitrogen and oxygen atoms in total. The average molecular weight is 312 g/mol. The number of carbonyl (C=O) groups is 1. The summed E-state index contributed by atoms with van der Waals surface area (Å²) in [6.45, 7) is 0.623. The van der Waals surface area contributed by atoms with Crippen molar-refractivity contribution in [3.8, 4) is 0 Å². The van der Waals surface area contributed by atoms with Crippen molar-refractivity contribution in [2.45, 2.75) is 51.1 Å². The number of halogens is 4. The second-order valence-corrected chi connectivity index (χ2v) is 6.62. The van der Waals surface area contributed by atoms with Gasteiger partial charge in [0, 0.05) is 18.3 Å². The molecule has 2 saturated carbocycles. The van der Waals surface area contributed by atoms with Crippen LogP contribution in [-0.2, 0) is 4.79 Å². The number of carbonyl (C=O) groups excluding carboxylic acids is 1. The summed E-state index contributed by atoms with van der Waals surface area (Å²) in [4.78, 5) is 12.0. The van der Waals surface area contributed by atoms with Gasteiger partial charge >= 0.3 is 6.18 Å². The molecule has 2 fully saturated rings. The number of rotatable bonds is 5. The molecule has 0 heterocycles. The van der Waals surface area contributed by atoms with Crippen LogP contribution in [0.3, 0.4) is 0 Å². The van der Waals surface area contributed by atoms with E-state index in [9.17, 15) is 18.0 Å². The van der Waals surface area contributed by atoms with Crippen LogP contribution in [0.25, 0.3) is 0 Å². The fraction of sp³-hybridized carbons (Fsp3) is 0.929. The van der Waals surface area contributed by atoms with Gasteiger partial charge in [-0.1, -0.05) is 0 Å². The molecule has 116 valence electrons. The van der Waals surface area contributed by atoms with E-state index in [2.05, 4.69) is 5.32 Å². The Bertz CT molecular complexity index is 347. The molecule has 0 spiro atoms. The first-order valence-electron chi connectivity index (χ1n) is 7.27. The molecule has 6 heteroatoms. The van der Waals surface area contributed by atoms with Crippen LogP contribution in [0.4, 0.5) is 13.2 Å². The number of amides is 1. The monoisotopic (exact) mass is 311 g/mol. The molecule has 0 bridgehead atoms. The largest absolute Gasteiger partial charge is 0.391 e. The molecule has 1 N–H and O–H groups in total. The van der Waals surface area contributed by atoms with Crippen molar-refractivity contribution in [1.29, 1.82) is 0 Å². The quantitative estimate of drug-likeness (QED) is 0.767. The first kappa shape index (κ1) is 15.9. The van der Waals surface area contributed by atoms with Crippen molar-refractivity contribution in [2.75, 3.05) is 12.4 Å². The molecule has 0 aromatic carbocycles. The van der Waals surface area contributed by atoms with Crippen LogP contribution < -0.4 is 5.32 Å². The topological polar surface area (TPSA) is 29.1 Å². The maximum absolute atomic E-state index is 12.6. The first-order valence-corrected chi connectivity index (χ1v) is 7.80. The molecule has 20 heavy (non-hydrogen) atoms. The molecule has 0 aliphatic heterocycles. The maximum Gasteiger partial charge on any atom is 0.391 e. The van der Waals surface area contributed by atoms with Crippen LogP contribution in [0, 0.1) is 17.3 Å². The summed E-state index contributed by atoms with van der Waals surface area (Å²) in [5.74, 6) is -0.962. The Kier molecular flexibility index (Phi) is 4.88. The van der Waals surface area contributed by atoms with E-state index in [1.165, 1.54) is 0 Å². The van der Waals surface area contributed by atoms with Crippen molar-refractivity contribution in [3.05, 3.63) is 0 Å². The zero-order chi connectivity index (χ0) is 14.8. The van der Waals surface area contributed by atoms with Gasteiger partial charge in [0.1, 0.15) is 0 Å². The third-order valence-electron chi connectivity index (χ3n) is 4.78. The molecule has 0 saturated heterocycles. The van der Waals surface area contributed by atoms with Crippen molar-refractivity contribution >= 4 is 17.5 Å². The predicted molar refractivity (Wildman–Crippen MR) is 71.5 cm³/mol. The van der Waals surface area contributed by atoms with Crippen LogP contribution in [0.5, 0.6) is 0 Å². The second-order valence-electron chi connectivity index (χ2n) is 6.25. The summed E-state index contributed by atoms with van der Waals surface area (Å²) >= 11 is 5.73. The highest BCUT2D eigenvalue weighted by Crippen LogP contribution is 2.48. The zero-order valence-electron chi connectivity index (χ0n) is 11.4. The van der Waals surface area contributed by atoms with Crippen LogP contribution in [0.1, 0.15) is 44.9 Å². The van der Waals surface area contributed by atoms with Crippen LogP contribution >= 0.6 is 11.6 Å². The second kappa shape index (κ2) is 6.12. The summed E-state index contributed by atoms with van der Waals surface area (Å²) in [6.07, 6.45) is -0.197. The summed E-state index contributed by atoms with van der Waals surface area (Å²) in [5, 5.41) is 2.91. The van der Waals surface area contributed by atoms with E-state index < -0.39 is 12.1 Å². The van der Waals surface area contributed by atoms with Crippen LogP contribution in [0.2, 0.25) is 0 Å². The van der Waals surface area contributed by atoms with E-state index in [0.29, 0.717) is 25.3 Å². The Morgan fingerprint density at radius 1 is 1.20 bits per heavy atom. The van der Waals surface area contributed by atoms with Crippen LogP contribution in [0.15, 0.2) is 0 Å². The number of hydrogen-bond donors (Lipinski definition) is 1. The summed E-state index contributed by atoms with van der Waals surface area (Å²) < 4.78 is 37.7. The molecule has 1 amide bonds. The fourth-order valence-electron chi connectivity index (χ4n) is 2.99. The van der Waals surface area contributed by atoms with Gasteiger partial charge in [-0.2, -0.15) is 13.2 Å². The van der Waals surface area contributed by atoms with Gasteiger partial charge in [-0.3, -0.25) is 4.79 Å². The van der Waals surface area contributed by atoms with Gasteiger partial charge in [-0.15, -0.1) is 11.6 Å².